The SMILES string of the molecule is NC(=O)[C@H](Cc1ccccc1)N(CC#Cc1cccc2ccccc12)S(=O)(=O)c1ccc([N+](=O)[O-])cc1. The predicted molar refractivity (Wildman–Crippen MR) is 141 cm³/mol. The van der Waals surface area contributed by atoms with Gasteiger partial charge in [0.25, 0.3) is 5.69 Å². The first kappa shape index (κ1) is 25.6. The molecule has 0 saturated heterocycles. The molecule has 1 atom stereocenters. The lowest BCUT2D eigenvalue weighted by Crippen LogP contribution is -2.49. The number of amides is 1. The van der Waals surface area contributed by atoms with Crippen molar-refractivity contribution in [3.8, 4) is 11.8 Å². The Morgan fingerprint density at radius 2 is 1.57 bits per heavy atom. The molecule has 4 aromatic carbocycles. The van der Waals surface area contributed by atoms with Crippen LogP contribution in [0.15, 0.2) is 102 Å². The molecule has 186 valence electrons. The van der Waals surface area contributed by atoms with Crippen LogP contribution in [0, 0.1) is 22.0 Å². The summed E-state index contributed by atoms with van der Waals surface area (Å²) in [5.74, 6) is 5.10. The zero-order valence-corrected chi connectivity index (χ0v) is 20.5. The summed E-state index contributed by atoms with van der Waals surface area (Å²) in [6.07, 6.45) is 0.0400. The topological polar surface area (TPSA) is 124 Å². The second-order valence-corrected chi connectivity index (χ2v) is 10.1. The van der Waals surface area contributed by atoms with Crippen molar-refractivity contribution in [3.05, 3.63) is 118 Å². The van der Waals surface area contributed by atoms with Gasteiger partial charge in [-0.25, -0.2) is 8.42 Å². The molecule has 4 aromatic rings. The smallest absolute Gasteiger partial charge is 0.269 e. The third kappa shape index (κ3) is 5.83. The van der Waals surface area contributed by atoms with Crippen LogP contribution < -0.4 is 5.73 Å². The third-order valence-electron chi connectivity index (χ3n) is 5.85. The van der Waals surface area contributed by atoms with Crippen LogP contribution in [0.1, 0.15) is 11.1 Å². The van der Waals surface area contributed by atoms with Crippen LogP contribution in [0.5, 0.6) is 0 Å². The summed E-state index contributed by atoms with van der Waals surface area (Å²) in [6.45, 7) is -0.316. The number of non-ortho nitro benzene ring substituents is 1. The highest BCUT2D eigenvalue weighted by Crippen LogP contribution is 2.23. The summed E-state index contributed by atoms with van der Waals surface area (Å²) >= 11 is 0. The number of hydrogen-bond donors (Lipinski definition) is 1. The van der Waals surface area contributed by atoms with Crippen molar-refractivity contribution in [3.63, 3.8) is 0 Å². The van der Waals surface area contributed by atoms with Crippen molar-refractivity contribution in [2.75, 3.05) is 6.54 Å². The Hall–Kier alpha value is -4.52. The highest BCUT2D eigenvalue weighted by atomic mass is 32.2. The van der Waals surface area contributed by atoms with Gasteiger partial charge in [-0.3, -0.25) is 14.9 Å². The second-order valence-electron chi connectivity index (χ2n) is 8.24. The van der Waals surface area contributed by atoms with E-state index in [1.54, 1.807) is 24.3 Å². The molecular weight excluding hydrogens is 490 g/mol. The summed E-state index contributed by atoms with van der Waals surface area (Å²) in [5, 5.41) is 12.9. The van der Waals surface area contributed by atoms with Crippen LogP contribution in [0.4, 0.5) is 5.69 Å². The van der Waals surface area contributed by atoms with E-state index in [9.17, 15) is 23.3 Å². The van der Waals surface area contributed by atoms with Gasteiger partial charge in [0.05, 0.1) is 16.4 Å². The molecule has 0 saturated carbocycles. The fourth-order valence-corrected chi connectivity index (χ4v) is 5.47. The van der Waals surface area contributed by atoms with Gasteiger partial charge in [0, 0.05) is 17.7 Å². The molecule has 9 heteroatoms. The fourth-order valence-electron chi connectivity index (χ4n) is 3.97. The number of primary amides is 1. The first-order valence-corrected chi connectivity index (χ1v) is 12.8. The fraction of sp³-hybridized carbons (Fsp3) is 0.107. The average molecular weight is 514 g/mol. The van der Waals surface area contributed by atoms with Gasteiger partial charge >= 0.3 is 0 Å². The van der Waals surface area contributed by atoms with Crippen molar-refractivity contribution in [2.45, 2.75) is 17.4 Å². The number of carbonyl (C=O) groups is 1. The summed E-state index contributed by atoms with van der Waals surface area (Å²) in [5.41, 5.74) is 6.88. The van der Waals surface area contributed by atoms with Crippen molar-refractivity contribution in [2.24, 2.45) is 5.73 Å². The van der Waals surface area contributed by atoms with Crippen LogP contribution in [-0.4, -0.2) is 36.1 Å². The molecule has 0 bridgehead atoms. The number of benzene rings is 4. The van der Waals surface area contributed by atoms with E-state index in [-0.39, 0.29) is 23.5 Å². The lowest BCUT2D eigenvalue weighted by atomic mass is 10.0. The molecule has 0 aliphatic heterocycles. The first-order chi connectivity index (χ1) is 17.8. The van der Waals surface area contributed by atoms with E-state index in [4.69, 9.17) is 5.73 Å². The monoisotopic (exact) mass is 513 g/mol. The normalized spacial score (nSPS) is 12.0. The Bertz CT molecular complexity index is 1600. The number of nitrogens with zero attached hydrogens (tertiary/aromatic N) is 2. The van der Waals surface area contributed by atoms with Gasteiger partial charge in [0.1, 0.15) is 6.04 Å². The van der Waals surface area contributed by atoms with Gasteiger partial charge in [-0.1, -0.05) is 78.6 Å². The summed E-state index contributed by atoms with van der Waals surface area (Å²) in [6, 6.07) is 25.5. The van der Waals surface area contributed by atoms with E-state index in [2.05, 4.69) is 11.8 Å². The minimum atomic E-state index is -4.30. The Morgan fingerprint density at radius 3 is 2.24 bits per heavy atom. The number of rotatable bonds is 8. The third-order valence-corrected chi connectivity index (χ3v) is 7.72. The highest BCUT2D eigenvalue weighted by Gasteiger charge is 2.34. The molecule has 4 rings (SSSR count). The number of fused-ring (bicyclic) bond motifs is 1. The lowest BCUT2D eigenvalue weighted by molar-refractivity contribution is -0.384. The maximum absolute atomic E-state index is 13.7. The second kappa shape index (κ2) is 11.0. The Labute approximate surface area is 214 Å². The van der Waals surface area contributed by atoms with Crippen molar-refractivity contribution in [1.82, 2.24) is 4.31 Å². The number of nitro benzene ring substituents is 1. The number of hydrogen-bond acceptors (Lipinski definition) is 5. The van der Waals surface area contributed by atoms with Gasteiger partial charge in [0.15, 0.2) is 0 Å². The average Bonchev–Trinajstić information content (AvgIpc) is 2.90. The molecule has 2 N–H and O–H groups in total. The van der Waals surface area contributed by atoms with E-state index >= 15 is 0 Å². The first-order valence-electron chi connectivity index (χ1n) is 11.3. The standard InChI is InChI=1S/C28H23N3O5S/c29-28(32)27(20-21-8-2-1-3-9-21)30(37(35,36)25-17-15-24(16-18-25)31(33)34)19-7-13-23-12-6-11-22-10-4-5-14-26(22)23/h1-6,8-12,14-18,27H,19-20H2,(H2,29,32)/t27-/m0/s1. The van der Waals surface area contributed by atoms with Crippen LogP contribution in [0.3, 0.4) is 0 Å². The van der Waals surface area contributed by atoms with Crippen molar-refractivity contribution in [1.29, 1.82) is 0 Å². The predicted octanol–water partition coefficient (Wildman–Crippen LogP) is 3.89. The summed E-state index contributed by atoms with van der Waals surface area (Å²) < 4.78 is 28.3. The van der Waals surface area contributed by atoms with E-state index in [0.29, 0.717) is 5.56 Å². The zero-order valence-electron chi connectivity index (χ0n) is 19.7. The van der Waals surface area contributed by atoms with E-state index in [1.165, 1.54) is 0 Å². The van der Waals surface area contributed by atoms with Gasteiger partial charge in [-0.05, 0) is 41.0 Å². The van der Waals surface area contributed by atoms with Crippen molar-refractivity contribution >= 4 is 32.4 Å². The van der Waals surface area contributed by atoms with Crippen LogP contribution in [-0.2, 0) is 21.2 Å². The van der Waals surface area contributed by atoms with Crippen molar-refractivity contribution < 1.29 is 18.1 Å². The number of carbonyl (C=O) groups excluding carboxylic acids is 1. The van der Waals surface area contributed by atoms with Gasteiger partial charge in [0.2, 0.25) is 15.9 Å². The van der Waals surface area contributed by atoms with Gasteiger partial charge in [-0.15, -0.1) is 0 Å². The summed E-state index contributed by atoms with van der Waals surface area (Å²) in [7, 11) is -4.30. The molecule has 0 radical (unpaired) electrons. The molecule has 0 unspecified atom stereocenters. The molecule has 0 aliphatic carbocycles. The molecule has 0 aromatic heterocycles. The molecule has 8 nitrogen and oxygen atoms in total. The molecule has 0 heterocycles. The minimum Gasteiger partial charge on any atom is -0.368 e. The van der Waals surface area contributed by atoms with E-state index < -0.39 is 26.9 Å². The quantitative estimate of drug-likeness (QED) is 0.218. The van der Waals surface area contributed by atoms with Crippen LogP contribution >= 0.6 is 0 Å². The van der Waals surface area contributed by atoms with Gasteiger partial charge in [-0.2, -0.15) is 4.31 Å². The minimum absolute atomic E-state index is 0.0400. The Morgan fingerprint density at radius 1 is 0.919 bits per heavy atom. The molecule has 37 heavy (non-hydrogen) atoms. The summed E-state index contributed by atoms with van der Waals surface area (Å²) in [4.78, 5) is 22.8. The maximum Gasteiger partial charge on any atom is 0.269 e. The van der Waals surface area contributed by atoms with Gasteiger partial charge < -0.3 is 5.73 Å². The highest BCUT2D eigenvalue weighted by molar-refractivity contribution is 7.89. The Balaban J connectivity index is 1.75. The molecule has 0 aliphatic rings. The molecule has 0 fully saturated rings. The maximum atomic E-state index is 13.7. The largest absolute Gasteiger partial charge is 0.368 e. The zero-order chi connectivity index (χ0) is 26.4. The van der Waals surface area contributed by atoms with E-state index in [1.807, 2.05) is 48.5 Å². The van der Waals surface area contributed by atoms with Crippen LogP contribution in [0.2, 0.25) is 0 Å². The lowest BCUT2D eigenvalue weighted by Gasteiger charge is -2.27. The number of sulfonamides is 1. The molecule has 1 amide bonds. The van der Waals surface area contributed by atoms with E-state index in [0.717, 1.165) is 44.9 Å². The molecule has 0 spiro atoms. The molecular formula is C28H23N3O5S. The Kier molecular flexibility index (Phi) is 7.63. The van der Waals surface area contributed by atoms with Crippen LogP contribution in [0.25, 0.3) is 10.8 Å². The number of nitro groups is 1. The number of nitrogens with two attached hydrogens (primary N) is 1.